The van der Waals surface area contributed by atoms with E-state index < -0.39 is 0 Å². The summed E-state index contributed by atoms with van der Waals surface area (Å²) in [5.41, 5.74) is 2.91. The summed E-state index contributed by atoms with van der Waals surface area (Å²) in [5, 5.41) is 9.78. The van der Waals surface area contributed by atoms with Crippen LogP contribution in [0.1, 0.15) is 22.3 Å². The van der Waals surface area contributed by atoms with E-state index in [2.05, 4.69) is 41.0 Å². The zero-order chi connectivity index (χ0) is 17.4. The number of anilines is 1. The number of allylic oxidation sites excluding steroid dienone is 1. The van der Waals surface area contributed by atoms with Crippen LogP contribution >= 0.6 is 0 Å². The molecule has 4 rings (SSSR count). The summed E-state index contributed by atoms with van der Waals surface area (Å²) in [4.78, 5) is 17.0. The number of ketones is 1. The third kappa shape index (κ3) is 3.00. The number of rotatable bonds is 4. The molecule has 2 aliphatic heterocycles. The molecule has 2 heterocycles. The van der Waals surface area contributed by atoms with Crippen molar-refractivity contribution in [2.24, 2.45) is 0 Å². The number of phenolic OH excluding ortho intramolecular Hbond substituents is 1. The summed E-state index contributed by atoms with van der Waals surface area (Å²) in [7, 11) is 0. The first-order chi connectivity index (χ1) is 12.1. The Bertz CT molecular complexity index is 813. The van der Waals surface area contributed by atoms with E-state index in [0.29, 0.717) is 17.6 Å². The van der Waals surface area contributed by atoms with Gasteiger partial charge in [-0.25, -0.2) is 0 Å². The van der Waals surface area contributed by atoms with E-state index >= 15 is 0 Å². The minimum absolute atomic E-state index is 0.0330. The van der Waals surface area contributed by atoms with Gasteiger partial charge in [0.1, 0.15) is 5.75 Å². The number of fused-ring (bicyclic) bond motifs is 2. The second-order valence-corrected chi connectivity index (χ2v) is 6.93. The van der Waals surface area contributed by atoms with E-state index in [1.54, 1.807) is 30.3 Å². The first-order valence-electron chi connectivity index (χ1n) is 8.71. The summed E-state index contributed by atoms with van der Waals surface area (Å²) in [6.07, 6.45) is 4.60. The summed E-state index contributed by atoms with van der Waals surface area (Å²) in [6, 6.07) is 16.3. The van der Waals surface area contributed by atoms with Gasteiger partial charge in [0.05, 0.1) is 5.56 Å². The minimum Gasteiger partial charge on any atom is -0.507 e. The molecule has 2 saturated heterocycles. The highest BCUT2D eigenvalue weighted by Crippen LogP contribution is 2.34. The molecule has 128 valence electrons. The highest BCUT2D eigenvalue weighted by atomic mass is 16.3. The van der Waals surface area contributed by atoms with Gasteiger partial charge in [-0.2, -0.15) is 0 Å². The number of hydrogen-bond acceptors (Lipinski definition) is 4. The van der Waals surface area contributed by atoms with Crippen LogP contribution in [0.2, 0.25) is 0 Å². The van der Waals surface area contributed by atoms with Crippen LogP contribution in [0.5, 0.6) is 5.75 Å². The summed E-state index contributed by atoms with van der Waals surface area (Å²) in [6.45, 7) is 4.03. The zero-order valence-electron chi connectivity index (χ0n) is 14.3. The fraction of sp³-hybridized carbons (Fsp3) is 0.286. The predicted molar refractivity (Wildman–Crippen MR) is 99.0 cm³/mol. The maximum atomic E-state index is 12.3. The second kappa shape index (κ2) is 6.28. The van der Waals surface area contributed by atoms with Crippen molar-refractivity contribution >= 4 is 11.5 Å². The number of nitrogens with zero attached hydrogens (tertiary/aromatic N) is 2. The van der Waals surface area contributed by atoms with Crippen molar-refractivity contribution in [1.82, 2.24) is 4.90 Å². The molecule has 1 N–H and O–H groups in total. The average Bonchev–Trinajstić information content (AvgIpc) is 3.21. The number of likely N-dealkylation sites (tertiary alicyclic amines) is 1. The standard InChI is InChI=1S/C21H22N2O2/c1-15-6-8-16(9-7-15)23-14-17-12-18(23)13-22(17)11-10-21(25)19-4-2-3-5-20(19)24/h2-11,17-18,24H,12-14H2,1H3/b11-10+/t17-,18-/m1/s1. The fourth-order valence-electron chi connectivity index (χ4n) is 3.87. The van der Waals surface area contributed by atoms with E-state index in [0.717, 1.165) is 19.5 Å². The fourth-order valence-corrected chi connectivity index (χ4v) is 3.87. The molecule has 2 aliphatic rings. The Labute approximate surface area is 148 Å². The van der Waals surface area contributed by atoms with Crippen LogP contribution < -0.4 is 4.90 Å². The van der Waals surface area contributed by atoms with Crippen LogP contribution in [-0.2, 0) is 0 Å². The van der Waals surface area contributed by atoms with Crippen molar-refractivity contribution in [2.45, 2.75) is 25.4 Å². The van der Waals surface area contributed by atoms with Crippen molar-refractivity contribution in [1.29, 1.82) is 0 Å². The number of phenols is 1. The van der Waals surface area contributed by atoms with E-state index in [-0.39, 0.29) is 11.5 Å². The topological polar surface area (TPSA) is 43.8 Å². The van der Waals surface area contributed by atoms with Crippen molar-refractivity contribution in [3.8, 4) is 5.75 Å². The van der Waals surface area contributed by atoms with Crippen molar-refractivity contribution in [2.75, 3.05) is 18.0 Å². The normalized spacial score (nSPS) is 22.1. The van der Waals surface area contributed by atoms with Gasteiger partial charge >= 0.3 is 0 Å². The molecule has 4 heteroatoms. The van der Waals surface area contributed by atoms with E-state index in [1.165, 1.54) is 11.3 Å². The Hall–Kier alpha value is -2.75. The Morgan fingerprint density at radius 3 is 2.52 bits per heavy atom. The predicted octanol–water partition coefficient (Wildman–Crippen LogP) is 3.36. The summed E-state index contributed by atoms with van der Waals surface area (Å²) < 4.78 is 0. The lowest BCUT2D eigenvalue weighted by Crippen LogP contribution is -2.44. The van der Waals surface area contributed by atoms with Crippen LogP contribution in [0.25, 0.3) is 0 Å². The third-order valence-electron chi connectivity index (χ3n) is 5.24. The first kappa shape index (κ1) is 15.8. The molecule has 0 unspecified atom stereocenters. The molecule has 2 atom stereocenters. The third-order valence-corrected chi connectivity index (χ3v) is 5.24. The summed E-state index contributed by atoms with van der Waals surface area (Å²) >= 11 is 0. The number of piperazine rings is 1. The average molecular weight is 334 g/mol. The molecule has 2 aromatic carbocycles. The van der Waals surface area contributed by atoms with Gasteiger partial charge in [0.15, 0.2) is 5.78 Å². The molecule has 0 aliphatic carbocycles. The van der Waals surface area contributed by atoms with E-state index in [4.69, 9.17) is 0 Å². The number of carbonyl (C=O) groups excluding carboxylic acids is 1. The van der Waals surface area contributed by atoms with Crippen molar-refractivity contribution in [3.05, 3.63) is 71.9 Å². The molecule has 25 heavy (non-hydrogen) atoms. The Kier molecular flexibility index (Phi) is 3.96. The number of para-hydroxylation sites is 1. The molecule has 0 spiro atoms. The molecule has 0 amide bonds. The smallest absolute Gasteiger partial charge is 0.190 e. The van der Waals surface area contributed by atoms with E-state index in [1.807, 2.05) is 6.20 Å². The second-order valence-electron chi connectivity index (χ2n) is 6.93. The van der Waals surface area contributed by atoms with Gasteiger partial charge in [0, 0.05) is 43.1 Å². The Morgan fingerprint density at radius 2 is 1.84 bits per heavy atom. The van der Waals surface area contributed by atoms with Crippen LogP contribution in [0.4, 0.5) is 5.69 Å². The minimum atomic E-state index is -0.156. The van der Waals surface area contributed by atoms with Crippen LogP contribution in [-0.4, -0.2) is 41.0 Å². The van der Waals surface area contributed by atoms with Gasteiger partial charge in [-0.15, -0.1) is 0 Å². The molecule has 0 aromatic heterocycles. The summed E-state index contributed by atoms with van der Waals surface area (Å²) in [5.74, 6) is -0.123. The van der Waals surface area contributed by atoms with Gasteiger partial charge in [-0.05, 0) is 37.6 Å². The number of hydrogen-bond donors (Lipinski definition) is 1. The lowest BCUT2D eigenvalue weighted by atomic mass is 10.1. The van der Waals surface area contributed by atoms with Crippen LogP contribution in [0, 0.1) is 6.92 Å². The molecular formula is C21H22N2O2. The lowest BCUT2D eigenvalue weighted by Gasteiger charge is -2.35. The van der Waals surface area contributed by atoms with Crippen LogP contribution in [0.15, 0.2) is 60.8 Å². The van der Waals surface area contributed by atoms with Crippen molar-refractivity contribution in [3.63, 3.8) is 0 Å². The maximum absolute atomic E-state index is 12.3. The molecule has 0 radical (unpaired) electrons. The number of aromatic hydroxyl groups is 1. The number of carbonyl (C=O) groups is 1. The van der Waals surface area contributed by atoms with Gasteiger partial charge in [-0.3, -0.25) is 4.79 Å². The number of benzene rings is 2. The maximum Gasteiger partial charge on any atom is 0.190 e. The van der Waals surface area contributed by atoms with E-state index in [9.17, 15) is 9.90 Å². The lowest BCUT2D eigenvalue weighted by molar-refractivity contribution is 0.104. The molecule has 4 nitrogen and oxygen atoms in total. The monoisotopic (exact) mass is 334 g/mol. The first-order valence-corrected chi connectivity index (χ1v) is 8.71. The van der Waals surface area contributed by atoms with Gasteiger partial charge in [0.25, 0.3) is 0 Å². The number of aryl methyl sites for hydroxylation is 1. The van der Waals surface area contributed by atoms with Crippen LogP contribution in [0.3, 0.4) is 0 Å². The van der Waals surface area contributed by atoms with Crippen molar-refractivity contribution < 1.29 is 9.90 Å². The SMILES string of the molecule is Cc1ccc(N2C[C@H]3C[C@@H]2CN3/C=C/C(=O)c2ccccc2O)cc1. The molecule has 2 bridgehead atoms. The highest BCUT2D eigenvalue weighted by Gasteiger charge is 2.41. The zero-order valence-corrected chi connectivity index (χ0v) is 14.3. The van der Waals surface area contributed by atoms with Gasteiger partial charge < -0.3 is 14.9 Å². The Morgan fingerprint density at radius 1 is 1.08 bits per heavy atom. The molecular weight excluding hydrogens is 312 g/mol. The van der Waals surface area contributed by atoms with Gasteiger partial charge in [-0.1, -0.05) is 29.8 Å². The quantitative estimate of drug-likeness (QED) is 0.688. The molecule has 2 fully saturated rings. The van der Waals surface area contributed by atoms with Gasteiger partial charge in [0.2, 0.25) is 0 Å². The largest absolute Gasteiger partial charge is 0.507 e. The highest BCUT2D eigenvalue weighted by molar-refractivity contribution is 6.06. The molecule has 2 aromatic rings. The Balaban J connectivity index is 1.42. The molecule has 0 saturated carbocycles.